The molecule has 19 heavy (non-hydrogen) atoms. The molecule has 2 aromatic rings. The molecule has 0 aliphatic heterocycles. The third-order valence-corrected chi connectivity index (χ3v) is 2.63. The number of carbonyl (C=O) groups is 1. The fourth-order valence-electron chi connectivity index (χ4n) is 1.68. The van der Waals surface area contributed by atoms with Crippen LogP contribution in [0, 0.1) is 18.3 Å². The fraction of sp³-hybridized carbons (Fsp3) is 0.333. The highest BCUT2D eigenvalue weighted by Crippen LogP contribution is 2.10. The van der Waals surface area contributed by atoms with E-state index in [4.69, 9.17) is 5.26 Å². The second-order valence-electron chi connectivity index (χ2n) is 3.99. The first kappa shape index (κ1) is 12.8. The molecule has 0 bridgehead atoms. The Morgan fingerprint density at radius 2 is 2.26 bits per heavy atom. The number of anilines is 1. The zero-order valence-corrected chi connectivity index (χ0v) is 10.8. The van der Waals surface area contributed by atoms with E-state index in [-0.39, 0.29) is 12.5 Å². The van der Waals surface area contributed by atoms with Crippen LogP contribution in [-0.2, 0) is 13.1 Å². The van der Waals surface area contributed by atoms with Crippen molar-refractivity contribution in [2.45, 2.75) is 26.9 Å². The first-order valence-corrected chi connectivity index (χ1v) is 5.90. The average Bonchev–Trinajstić information content (AvgIpc) is 2.96. The van der Waals surface area contributed by atoms with Crippen molar-refractivity contribution in [1.82, 2.24) is 19.6 Å². The smallest absolute Gasteiger partial charge is 0.260 e. The van der Waals surface area contributed by atoms with E-state index in [0.717, 1.165) is 0 Å². The van der Waals surface area contributed by atoms with Crippen LogP contribution in [0.25, 0.3) is 0 Å². The van der Waals surface area contributed by atoms with Gasteiger partial charge in [-0.2, -0.15) is 15.5 Å². The number of carbonyl (C=O) groups excluding carboxylic acids is 1. The highest BCUT2D eigenvalue weighted by Gasteiger charge is 2.14. The van der Waals surface area contributed by atoms with Crippen LogP contribution < -0.4 is 5.32 Å². The van der Waals surface area contributed by atoms with Crippen molar-refractivity contribution in [3.63, 3.8) is 0 Å². The van der Waals surface area contributed by atoms with Crippen molar-refractivity contribution in [3.8, 4) is 6.07 Å². The summed E-state index contributed by atoms with van der Waals surface area (Å²) in [6, 6.07) is 3.62. The summed E-state index contributed by atoms with van der Waals surface area (Å²) < 4.78 is 3.16. The monoisotopic (exact) mass is 258 g/mol. The normalized spacial score (nSPS) is 10.2. The number of aryl methyl sites for hydroxylation is 2. The van der Waals surface area contributed by atoms with E-state index in [9.17, 15) is 4.79 Å². The van der Waals surface area contributed by atoms with Gasteiger partial charge in [0.1, 0.15) is 6.54 Å². The van der Waals surface area contributed by atoms with E-state index in [1.165, 1.54) is 4.68 Å². The highest BCUT2D eigenvalue weighted by atomic mass is 16.1. The van der Waals surface area contributed by atoms with Crippen molar-refractivity contribution < 1.29 is 4.79 Å². The Morgan fingerprint density at radius 1 is 1.47 bits per heavy atom. The van der Waals surface area contributed by atoms with Gasteiger partial charge in [0.15, 0.2) is 5.82 Å². The maximum Gasteiger partial charge on any atom is 0.260 e. The molecule has 0 radical (unpaired) electrons. The topological polar surface area (TPSA) is 88.5 Å². The highest BCUT2D eigenvalue weighted by molar-refractivity contribution is 6.04. The van der Waals surface area contributed by atoms with Gasteiger partial charge in [0.05, 0.1) is 17.3 Å². The minimum absolute atomic E-state index is 0.155. The summed E-state index contributed by atoms with van der Waals surface area (Å²) in [5.41, 5.74) is 1.20. The quantitative estimate of drug-likeness (QED) is 0.891. The van der Waals surface area contributed by atoms with E-state index in [2.05, 4.69) is 15.5 Å². The van der Waals surface area contributed by atoms with Crippen LogP contribution in [-0.4, -0.2) is 25.5 Å². The second-order valence-corrected chi connectivity index (χ2v) is 3.99. The van der Waals surface area contributed by atoms with Gasteiger partial charge in [0, 0.05) is 25.0 Å². The van der Waals surface area contributed by atoms with Crippen LogP contribution in [0.3, 0.4) is 0 Å². The molecule has 2 rings (SSSR count). The Bertz CT molecular complexity index is 633. The van der Waals surface area contributed by atoms with Gasteiger partial charge in [-0.1, -0.05) is 0 Å². The molecule has 2 heterocycles. The molecule has 0 spiro atoms. The number of nitrogens with zero attached hydrogens (tertiary/aromatic N) is 5. The fourth-order valence-corrected chi connectivity index (χ4v) is 1.68. The van der Waals surface area contributed by atoms with E-state index < -0.39 is 0 Å². The molecule has 7 heteroatoms. The van der Waals surface area contributed by atoms with Gasteiger partial charge >= 0.3 is 0 Å². The predicted molar refractivity (Wildman–Crippen MR) is 68.4 cm³/mol. The van der Waals surface area contributed by atoms with E-state index >= 15 is 0 Å². The van der Waals surface area contributed by atoms with E-state index in [0.29, 0.717) is 23.6 Å². The number of aromatic nitrogens is 4. The number of rotatable bonds is 4. The standard InChI is InChI=1S/C12H14N6O/c1-3-17-8-10(9(2)15-17)12(19)14-11-4-6-18(16-11)7-5-13/h4,6,8H,3,7H2,1-2H3,(H,14,16,19). The van der Waals surface area contributed by atoms with Crippen molar-refractivity contribution in [2.75, 3.05) is 5.32 Å². The number of amides is 1. The Labute approximate surface area is 110 Å². The average molecular weight is 258 g/mol. The summed E-state index contributed by atoms with van der Waals surface area (Å²) in [5, 5.41) is 19.5. The summed E-state index contributed by atoms with van der Waals surface area (Å²) in [6.45, 7) is 4.61. The molecule has 2 aromatic heterocycles. The Kier molecular flexibility index (Phi) is 3.61. The summed E-state index contributed by atoms with van der Waals surface area (Å²) in [6.07, 6.45) is 3.35. The zero-order chi connectivity index (χ0) is 13.8. The molecular weight excluding hydrogens is 244 g/mol. The minimum Gasteiger partial charge on any atom is -0.305 e. The minimum atomic E-state index is -0.251. The molecule has 98 valence electrons. The number of nitriles is 1. The van der Waals surface area contributed by atoms with Crippen LogP contribution in [0.15, 0.2) is 18.5 Å². The van der Waals surface area contributed by atoms with Gasteiger partial charge in [-0.25, -0.2) is 0 Å². The van der Waals surface area contributed by atoms with Crippen LogP contribution in [0.5, 0.6) is 0 Å². The summed E-state index contributed by atoms with van der Waals surface area (Å²) in [7, 11) is 0. The van der Waals surface area contributed by atoms with Gasteiger partial charge in [0.25, 0.3) is 5.91 Å². The summed E-state index contributed by atoms with van der Waals surface area (Å²) >= 11 is 0. The summed E-state index contributed by atoms with van der Waals surface area (Å²) in [5.74, 6) is 0.170. The van der Waals surface area contributed by atoms with Gasteiger partial charge < -0.3 is 5.32 Å². The maximum absolute atomic E-state index is 12.1. The van der Waals surface area contributed by atoms with Gasteiger partial charge in [-0.15, -0.1) is 0 Å². The number of hydrogen-bond donors (Lipinski definition) is 1. The molecule has 1 amide bonds. The van der Waals surface area contributed by atoms with Crippen molar-refractivity contribution >= 4 is 11.7 Å². The number of nitrogens with one attached hydrogen (secondary N) is 1. The van der Waals surface area contributed by atoms with Crippen molar-refractivity contribution in [2.24, 2.45) is 0 Å². The molecule has 0 aromatic carbocycles. The summed E-state index contributed by atoms with van der Waals surface area (Å²) in [4.78, 5) is 12.1. The van der Waals surface area contributed by atoms with Gasteiger partial charge in [-0.3, -0.25) is 14.2 Å². The zero-order valence-electron chi connectivity index (χ0n) is 10.8. The third kappa shape index (κ3) is 2.80. The lowest BCUT2D eigenvalue weighted by Crippen LogP contribution is -2.13. The lowest BCUT2D eigenvalue weighted by molar-refractivity contribution is 0.102. The Hall–Kier alpha value is -2.62. The predicted octanol–water partition coefficient (Wildman–Crippen LogP) is 1.18. The Morgan fingerprint density at radius 3 is 2.89 bits per heavy atom. The molecule has 0 fully saturated rings. The molecule has 7 nitrogen and oxygen atoms in total. The van der Waals surface area contributed by atoms with Crippen molar-refractivity contribution in [3.05, 3.63) is 29.7 Å². The lowest BCUT2D eigenvalue weighted by atomic mass is 10.2. The third-order valence-electron chi connectivity index (χ3n) is 2.63. The first-order valence-electron chi connectivity index (χ1n) is 5.90. The van der Waals surface area contributed by atoms with Gasteiger partial charge in [0.2, 0.25) is 0 Å². The van der Waals surface area contributed by atoms with Crippen LogP contribution >= 0.6 is 0 Å². The van der Waals surface area contributed by atoms with Crippen LogP contribution in [0.1, 0.15) is 23.0 Å². The van der Waals surface area contributed by atoms with Crippen LogP contribution in [0.4, 0.5) is 5.82 Å². The largest absolute Gasteiger partial charge is 0.305 e. The molecule has 0 aliphatic rings. The van der Waals surface area contributed by atoms with Gasteiger partial charge in [-0.05, 0) is 13.8 Å². The molecule has 1 N–H and O–H groups in total. The van der Waals surface area contributed by atoms with E-state index in [1.54, 1.807) is 30.1 Å². The first-order chi connectivity index (χ1) is 9.13. The molecule has 0 saturated heterocycles. The lowest BCUT2D eigenvalue weighted by Gasteiger charge is -1.99. The van der Waals surface area contributed by atoms with Crippen LogP contribution in [0.2, 0.25) is 0 Å². The molecule has 0 saturated carbocycles. The number of hydrogen-bond acceptors (Lipinski definition) is 4. The molecule has 0 aliphatic carbocycles. The Balaban J connectivity index is 2.11. The molecular formula is C12H14N6O. The molecule has 0 atom stereocenters. The maximum atomic E-state index is 12.1. The van der Waals surface area contributed by atoms with Crippen molar-refractivity contribution in [1.29, 1.82) is 5.26 Å². The molecule has 0 unspecified atom stereocenters. The van der Waals surface area contributed by atoms with E-state index in [1.807, 2.05) is 13.0 Å². The SMILES string of the molecule is CCn1cc(C(=O)Nc2ccn(CC#N)n2)c(C)n1. The second kappa shape index (κ2) is 5.35.